The Balaban J connectivity index is 0.564. The maximum absolute atomic E-state index is 15.8. The van der Waals surface area contributed by atoms with Crippen LogP contribution in [0.5, 0.6) is 5.75 Å². The van der Waals surface area contributed by atoms with Gasteiger partial charge in [-0.25, -0.2) is 28.1 Å². The summed E-state index contributed by atoms with van der Waals surface area (Å²) in [7, 11) is 0. The van der Waals surface area contributed by atoms with Crippen LogP contribution in [0.25, 0.3) is 10.4 Å². The number of nitrogens with one attached hydrogen (secondary N) is 5. The van der Waals surface area contributed by atoms with Crippen molar-refractivity contribution in [2.75, 3.05) is 133 Å². The van der Waals surface area contributed by atoms with Crippen molar-refractivity contribution in [3.63, 3.8) is 0 Å². The summed E-state index contributed by atoms with van der Waals surface area (Å²) < 4.78 is 58.4. The number of alkyl halides is 1. The summed E-state index contributed by atoms with van der Waals surface area (Å²) in [5.41, 5.74) is 1.52. The van der Waals surface area contributed by atoms with E-state index in [0.717, 1.165) is 80.6 Å². The number of benzene rings is 2. The predicted molar refractivity (Wildman–Crippen MR) is 348 cm³/mol. The zero-order valence-corrected chi connectivity index (χ0v) is 55.5. The number of aliphatic hydroxyl groups is 1. The third kappa shape index (κ3) is 16.9. The van der Waals surface area contributed by atoms with Crippen LogP contribution in [0, 0.1) is 41.2 Å². The molecule has 6 saturated heterocycles. The van der Waals surface area contributed by atoms with E-state index >= 15 is 8.78 Å². The number of amides is 5. The first-order chi connectivity index (χ1) is 44.4. The third-order valence-corrected chi connectivity index (χ3v) is 20.9. The molecule has 7 aliphatic rings. The number of piperazine rings is 1. The molecule has 0 bridgehead atoms. The lowest BCUT2D eigenvalue weighted by Crippen LogP contribution is -2.66. The van der Waals surface area contributed by atoms with Crippen molar-refractivity contribution in [3.8, 4) is 16.2 Å². The Morgan fingerprint density at radius 1 is 0.817 bits per heavy atom. The van der Waals surface area contributed by atoms with E-state index in [9.17, 15) is 33.5 Å². The molecule has 5 amide bonds. The van der Waals surface area contributed by atoms with E-state index in [1.54, 1.807) is 37.5 Å². The molecule has 26 heteroatoms. The van der Waals surface area contributed by atoms with E-state index in [2.05, 4.69) is 75.0 Å². The number of hydrogen-bond acceptors (Lipinski definition) is 18. The number of likely N-dealkylation sites (tertiary alicyclic amines) is 4. The maximum Gasteiger partial charge on any atom is 0.258 e. The van der Waals surface area contributed by atoms with E-state index in [1.807, 2.05) is 31.2 Å². The molecular formula is C67H93F3N14O8S. The third-order valence-electron chi connectivity index (χ3n) is 19.9. The summed E-state index contributed by atoms with van der Waals surface area (Å²) in [6.07, 6.45) is 4.37. The van der Waals surface area contributed by atoms with Crippen LogP contribution in [0.4, 0.5) is 30.5 Å². The number of β-amino-alcohol motifs (C(OH)–C–C–N with tert-alkyl or cyclic N) is 1. The van der Waals surface area contributed by atoms with Crippen LogP contribution in [0.3, 0.4) is 0 Å². The Bertz CT molecular complexity index is 3320. The molecule has 1 aliphatic carbocycles. The zero-order valence-electron chi connectivity index (χ0n) is 54.7. The number of aliphatic hydroxyl groups excluding tert-OH is 1. The van der Waals surface area contributed by atoms with Crippen LogP contribution in [-0.2, 0) is 41.8 Å². The lowest BCUT2D eigenvalue weighted by Gasteiger charge is -2.48. The minimum atomic E-state index is -1.99. The van der Waals surface area contributed by atoms with Gasteiger partial charge in [-0.05, 0) is 98.9 Å². The molecule has 1 saturated carbocycles. The molecule has 0 radical (unpaired) electrons. The molecule has 22 nitrogen and oxygen atoms in total. The lowest BCUT2D eigenvalue weighted by molar-refractivity contribution is -0.145. The summed E-state index contributed by atoms with van der Waals surface area (Å²) in [5.74, 6) is -0.101. The second-order valence-corrected chi connectivity index (χ2v) is 29.6. The Kier molecular flexibility index (Phi) is 20.9. The van der Waals surface area contributed by atoms with Crippen LogP contribution in [0.2, 0.25) is 0 Å². The van der Waals surface area contributed by atoms with Crippen molar-refractivity contribution < 1.29 is 51.7 Å². The fraction of sp³-hybridized carbons (Fsp3) is 0.642. The number of halogens is 3. The number of nitrogens with zero attached hydrogens (tertiary/aromatic N) is 9. The Labute approximate surface area is 547 Å². The standard InChI is InChI=1S/C67H93F3N14O8S/c1-43-59(93-42-76-43)44-7-8-45(32-73-61(88)53-29-49(85)38-84(53)62(89)60(64(2,3)4)77-63(90)67(70)10-11-67)54(28-44)92-25-17-72-57(86)9-18-80-34-47-36-81(37-48(47)35-80)23-26-91-24-16-71-55-31-56(75-41-74-55)82-21-14-66(15-22-82)40-83(39-58(87)78-66)52-30-50(68)46(27-51(52)69)33-79-19-12-65(5,6)13-20-79/h7-8,27-28,30-31,41-42,47-49,53,60,85H,9-26,29,32-40H2,1-6H3,(H,72,86)(H,73,88)(H,77,90)(H,78,87)(H,71,74,75)/t47-,48+,49-,53+,60-/m1/s1. The molecule has 2 aromatic heterocycles. The number of rotatable bonds is 25. The zero-order chi connectivity index (χ0) is 65.8. The van der Waals surface area contributed by atoms with Gasteiger partial charge in [0.1, 0.15) is 54.0 Å². The molecule has 506 valence electrons. The van der Waals surface area contributed by atoms with E-state index in [1.165, 1.54) is 28.4 Å². The topological polar surface area (TPSA) is 242 Å². The van der Waals surface area contributed by atoms with E-state index in [4.69, 9.17) is 9.47 Å². The maximum atomic E-state index is 15.8. The minimum absolute atomic E-state index is 0.00150. The Morgan fingerprint density at radius 3 is 2.25 bits per heavy atom. The van der Waals surface area contributed by atoms with Gasteiger partial charge in [0, 0.05) is 121 Å². The molecular weight excluding hydrogens is 1220 g/mol. The lowest BCUT2D eigenvalue weighted by atomic mass is 9.82. The molecule has 93 heavy (non-hydrogen) atoms. The number of hydrogen-bond donors (Lipinski definition) is 6. The molecule has 11 rings (SSSR count). The van der Waals surface area contributed by atoms with Gasteiger partial charge in [0.2, 0.25) is 23.6 Å². The van der Waals surface area contributed by atoms with Gasteiger partial charge in [-0.1, -0.05) is 46.8 Å². The quantitative estimate of drug-likeness (QED) is 0.0463. The van der Waals surface area contributed by atoms with E-state index < -0.39 is 64.2 Å². The molecule has 0 unspecified atom stereocenters. The molecule has 4 aromatic rings. The van der Waals surface area contributed by atoms with Crippen LogP contribution < -0.4 is 41.1 Å². The number of piperidine rings is 2. The normalized spacial score (nSPS) is 23.2. The molecule has 6 N–H and O–H groups in total. The first kappa shape index (κ1) is 67.7. The number of anilines is 3. The van der Waals surface area contributed by atoms with Gasteiger partial charge in [0.25, 0.3) is 5.91 Å². The summed E-state index contributed by atoms with van der Waals surface area (Å²) in [4.78, 5) is 93.4. The Morgan fingerprint density at radius 2 is 1.55 bits per heavy atom. The number of thiazole rings is 1. The predicted octanol–water partition coefficient (Wildman–Crippen LogP) is 5.27. The van der Waals surface area contributed by atoms with Crippen molar-refractivity contribution in [2.24, 2.45) is 22.7 Å². The molecule has 8 heterocycles. The van der Waals surface area contributed by atoms with Gasteiger partial charge in [-0.3, -0.25) is 28.9 Å². The van der Waals surface area contributed by atoms with Crippen molar-refractivity contribution in [3.05, 3.63) is 76.7 Å². The highest BCUT2D eigenvalue weighted by Gasteiger charge is 2.54. The molecule has 6 aliphatic heterocycles. The van der Waals surface area contributed by atoms with E-state index in [-0.39, 0.29) is 75.0 Å². The highest BCUT2D eigenvalue weighted by atomic mass is 32.1. The monoisotopic (exact) mass is 1310 g/mol. The molecule has 2 aromatic carbocycles. The average molecular weight is 1310 g/mol. The van der Waals surface area contributed by atoms with Crippen molar-refractivity contribution >= 4 is 58.2 Å². The fourth-order valence-corrected chi connectivity index (χ4v) is 14.9. The fourth-order valence-electron chi connectivity index (χ4n) is 14.1. The van der Waals surface area contributed by atoms with Gasteiger partial charge in [0.05, 0.1) is 59.7 Å². The number of aromatic nitrogens is 3. The van der Waals surface area contributed by atoms with Crippen molar-refractivity contribution in [1.82, 2.24) is 55.8 Å². The number of ether oxygens (including phenoxy) is 2. The first-order valence-corrected chi connectivity index (χ1v) is 34.1. The van der Waals surface area contributed by atoms with Crippen molar-refractivity contribution in [2.45, 2.75) is 135 Å². The highest BCUT2D eigenvalue weighted by Crippen LogP contribution is 2.41. The summed E-state index contributed by atoms with van der Waals surface area (Å²) in [6.45, 7) is 22.7. The number of carbonyl (C=O) groups excluding carboxylic acids is 5. The largest absolute Gasteiger partial charge is 0.491 e. The van der Waals surface area contributed by atoms with Gasteiger partial charge < -0.3 is 65.7 Å². The van der Waals surface area contributed by atoms with Gasteiger partial charge in [0.15, 0.2) is 5.67 Å². The first-order valence-electron chi connectivity index (χ1n) is 33.2. The second kappa shape index (κ2) is 28.7. The smallest absolute Gasteiger partial charge is 0.258 e. The summed E-state index contributed by atoms with van der Waals surface area (Å²) >= 11 is 1.50. The van der Waals surface area contributed by atoms with Gasteiger partial charge in [-0.15, -0.1) is 11.3 Å². The number of aryl methyl sites for hydroxylation is 1. The summed E-state index contributed by atoms with van der Waals surface area (Å²) in [5, 5.41) is 25.8. The molecule has 7 fully saturated rings. The number of carbonyl (C=O) groups is 5. The SMILES string of the molecule is Cc1ncsc1-c1ccc(CNC(=O)[C@@H]2C[C@@H](O)CN2C(=O)[C@@H](NC(=O)C2(F)CC2)C(C)(C)C)c(OCCNC(=O)CCN2C[C@H]3CN(CCOCCNc4cc(N5CCC6(CC5)CN(c5cc(F)c(CN7CCC(C)(C)CC7)cc5F)CC(=O)N6)ncn4)C[C@H]3C2)c1. The van der Waals surface area contributed by atoms with Crippen LogP contribution in [0.1, 0.15) is 103 Å². The minimum Gasteiger partial charge on any atom is -0.491 e. The van der Waals surface area contributed by atoms with Crippen molar-refractivity contribution in [1.29, 1.82) is 0 Å². The Hall–Kier alpha value is -6.71. The van der Waals surface area contributed by atoms with Crippen LogP contribution in [-0.4, -0.2) is 217 Å². The van der Waals surface area contributed by atoms with Gasteiger partial charge in [-0.2, -0.15) is 0 Å². The van der Waals surface area contributed by atoms with Crippen LogP contribution in [0.15, 0.2) is 48.2 Å². The highest BCUT2D eigenvalue weighted by molar-refractivity contribution is 7.13. The molecule has 1 spiro atoms. The number of fused-ring (bicyclic) bond motifs is 1. The summed E-state index contributed by atoms with van der Waals surface area (Å²) in [6, 6.07) is 8.04. The second-order valence-electron chi connectivity index (χ2n) is 28.7. The molecule has 5 atom stereocenters. The van der Waals surface area contributed by atoms with E-state index in [0.29, 0.717) is 106 Å². The average Bonchev–Trinajstić information content (AvgIpc) is 1.03. The van der Waals surface area contributed by atoms with Gasteiger partial charge >= 0.3 is 0 Å². The van der Waals surface area contributed by atoms with Crippen LogP contribution >= 0.6 is 11.3 Å².